The fourth-order valence-corrected chi connectivity index (χ4v) is 2.62. The molecule has 0 fully saturated rings. The molecule has 2 nitrogen and oxygen atoms in total. The Bertz CT molecular complexity index is 639. The van der Waals surface area contributed by atoms with Crippen molar-refractivity contribution in [3.63, 3.8) is 0 Å². The molecule has 0 aliphatic carbocycles. The van der Waals surface area contributed by atoms with Crippen LogP contribution in [0.25, 0.3) is 17.0 Å². The SMILES string of the molecule is C=C1NCCc2cc(-c3ccc(C(C)C)cn3)ccc21. The molecule has 1 N–H and O–H groups in total. The molecule has 1 aromatic carbocycles. The number of benzene rings is 1. The number of pyridine rings is 1. The molecule has 0 spiro atoms. The maximum absolute atomic E-state index is 4.60. The minimum Gasteiger partial charge on any atom is -0.385 e. The molecular weight excluding hydrogens is 244 g/mol. The molecule has 3 rings (SSSR count). The molecule has 2 heteroatoms. The Morgan fingerprint density at radius 1 is 1.20 bits per heavy atom. The van der Waals surface area contributed by atoms with E-state index < -0.39 is 0 Å². The predicted molar refractivity (Wildman–Crippen MR) is 84.5 cm³/mol. The zero-order valence-electron chi connectivity index (χ0n) is 12.1. The number of hydrogen-bond donors (Lipinski definition) is 1. The average Bonchev–Trinajstić information content (AvgIpc) is 2.47. The first-order valence-electron chi connectivity index (χ1n) is 7.17. The molecule has 102 valence electrons. The highest BCUT2D eigenvalue weighted by Crippen LogP contribution is 2.27. The Hall–Kier alpha value is -2.09. The summed E-state index contributed by atoms with van der Waals surface area (Å²) >= 11 is 0. The predicted octanol–water partition coefficient (Wildman–Crippen LogP) is 3.99. The van der Waals surface area contributed by atoms with Crippen LogP contribution in [-0.2, 0) is 6.42 Å². The topological polar surface area (TPSA) is 24.9 Å². The van der Waals surface area contributed by atoms with E-state index in [1.807, 2.05) is 6.20 Å². The summed E-state index contributed by atoms with van der Waals surface area (Å²) in [5.74, 6) is 0.523. The molecule has 2 heterocycles. The van der Waals surface area contributed by atoms with E-state index in [1.165, 1.54) is 22.3 Å². The van der Waals surface area contributed by atoms with Gasteiger partial charge in [-0.3, -0.25) is 4.98 Å². The lowest BCUT2D eigenvalue weighted by atomic mass is 9.95. The summed E-state index contributed by atoms with van der Waals surface area (Å²) in [5.41, 5.74) is 7.14. The summed E-state index contributed by atoms with van der Waals surface area (Å²) in [6, 6.07) is 10.8. The zero-order chi connectivity index (χ0) is 14.1. The molecule has 0 amide bonds. The van der Waals surface area contributed by atoms with Gasteiger partial charge < -0.3 is 5.32 Å². The Labute approximate surface area is 120 Å². The highest BCUT2D eigenvalue weighted by molar-refractivity contribution is 5.71. The number of rotatable bonds is 2. The van der Waals surface area contributed by atoms with Crippen LogP contribution in [0.4, 0.5) is 0 Å². The van der Waals surface area contributed by atoms with Crippen molar-refractivity contribution in [3.8, 4) is 11.3 Å². The average molecular weight is 264 g/mol. The summed E-state index contributed by atoms with van der Waals surface area (Å²) in [4.78, 5) is 4.60. The van der Waals surface area contributed by atoms with E-state index >= 15 is 0 Å². The quantitative estimate of drug-likeness (QED) is 0.887. The Morgan fingerprint density at radius 3 is 2.75 bits per heavy atom. The molecule has 1 aliphatic heterocycles. The Kier molecular flexibility index (Phi) is 3.31. The lowest BCUT2D eigenvalue weighted by molar-refractivity contribution is 0.816. The van der Waals surface area contributed by atoms with Crippen molar-refractivity contribution < 1.29 is 0 Å². The third-order valence-corrected chi connectivity index (χ3v) is 3.91. The molecule has 0 atom stereocenters. The highest BCUT2D eigenvalue weighted by atomic mass is 14.9. The molecule has 0 bridgehead atoms. The summed E-state index contributed by atoms with van der Waals surface area (Å²) in [5, 5.41) is 3.31. The molecule has 1 aromatic heterocycles. The van der Waals surface area contributed by atoms with Crippen LogP contribution < -0.4 is 5.32 Å². The highest BCUT2D eigenvalue weighted by Gasteiger charge is 2.13. The van der Waals surface area contributed by atoms with Gasteiger partial charge in [0.25, 0.3) is 0 Å². The van der Waals surface area contributed by atoms with Crippen LogP contribution in [0.15, 0.2) is 43.1 Å². The maximum atomic E-state index is 4.60. The van der Waals surface area contributed by atoms with Gasteiger partial charge in [0.15, 0.2) is 0 Å². The van der Waals surface area contributed by atoms with E-state index in [0.717, 1.165) is 24.4 Å². The summed E-state index contributed by atoms with van der Waals surface area (Å²) < 4.78 is 0. The standard InChI is InChI=1S/C18H20N2/c1-12(2)16-5-7-18(20-11-16)15-4-6-17-13(3)19-9-8-14(17)10-15/h4-7,10-12,19H,3,8-9H2,1-2H3. The van der Waals surface area contributed by atoms with E-state index in [2.05, 4.69) is 61.1 Å². The second-order valence-electron chi connectivity index (χ2n) is 5.66. The molecule has 0 saturated carbocycles. The molecule has 0 saturated heterocycles. The van der Waals surface area contributed by atoms with Gasteiger partial charge in [-0.15, -0.1) is 0 Å². The van der Waals surface area contributed by atoms with E-state index in [9.17, 15) is 0 Å². The molecule has 2 aromatic rings. The van der Waals surface area contributed by atoms with Crippen molar-refractivity contribution in [2.45, 2.75) is 26.2 Å². The number of nitrogens with zero attached hydrogens (tertiary/aromatic N) is 1. The van der Waals surface area contributed by atoms with Gasteiger partial charge in [0.05, 0.1) is 5.69 Å². The third-order valence-electron chi connectivity index (χ3n) is 3.91. The first-order valence-corrected chi connectivity index (χ1v) is 7.17. The first-order chi connectivity index (χ1) is 9.65. The monoisotopic (exact) mass is 264 g/mol. The van der Waals surface area contributed by atoms with Crippen molar-refractivity contribution in [3.05, 3.63) is 59.8 Å². The van der Waals surface area contributed by atoms with Gasteiger partial charge in [0, 0.05) is 29.6 Å². The van der Waals surface area contributed by atoms with Gasteiger partial charge in [-0.05, 0) is 35.6 Å². The van der Waals surface area contributed by atoms with Crippen molar-refractivity contribution in [1.29, 1.82) is 0 Å². The smallest absolute Gasteiger partial charge is 0.0702 e. The van der Waals surface area contributed by atoms with Gasteiger partial charge >= 0.3 is 0 Å². The fourth-order valence-electron chi connectivity index (χ4n) is 2.62. The van der Waals surface area contributed by atoms with E-state index in [4.69, 9.17) is 0 Å². The summed E-state index contributed by atoms with van der Waals surface area (Å²) in [6.07, 6.45) is 3.03. The van der Waals surface area contributed by atoms with Crippen LogP contribution in [0.3, 0.4) is 0 Å². The normalized spacial score (nSPS) is 14.1. The minimum absolute atomic E-state index is 0.523. The molecule has 0 unspecified atom stereocenters. The second kappa shape index (κ2) is 5.12. The summed E-state index contributed by atoms with van der Waals surface area (Å²) in [7, 11) is 0. The molecule has 20 heavy (non-hydrogen) atoms. The number of aromatic nitrogens is 1. The second-order valence-corrected chi connectivity index (χ2v) is 5.66. The van der Waals surface area contributed by atoms with E-state index in [0.29, 0.717) is 5.92 Å². The largest absolute Gasteiger partial charge is 0.385 e. The van der Waals surface area contributed by atoms with Crippen LogP contribution >= 0.6 is 0 Å². The fraction of sp³-hybridized carbons (Fsp3) is 0.278. The lowest BCUT2D eigenvalue weighted by Crippen LogP contribution is -2.21. The van der Waals surface area contributed by atoms with Gasteiger partial charge in [0.2, 0.25) is 0 Å². The van der Waals surface area contributed by atoms with Gasteiger partial charge in [-0.1, -0.05) is 38.6 Å². The van der Waals surface area contributed by atoms with Crippen LogP contribution in [0.2, 0.25) is 0 Å². The number of nitrogens with one attached hydrogen (secondary N) is 1. The third kappa shape index (κ3) is 2.34. The molecule has 1 aliphatic rings. The van der Waals surface area contributed by atoms with E-state index in [1.54, 1.807) is 0 Å². The van der Waals surface area contributed by atoms with Crippen LogP contribution in [-0.4, -0.2) is 11.5 Å². The van der Waals surface area contributed by atoms with Gasteiger partial charge in [-0.25, -0.2) is 0 Å². The lowest BCUT2D eigenvalue weighted by Gasteiger charge is -2.20. The van der Waals surface area contributed by atoms with Gasteiger partial charge in [0.1, 0.15) is 0 Å². The Balaban J connectivity index is 1.96. The van der Waals surface area contributed by atoms with Crippen LogP contribution in [0, 0.1) is 0 Å². The zero-order valence-corrected chi connectivity index (χ0v) is 12.1. The Morgan fingerprint density at radius 2 is 2.05 bits per heavy atom. The molecular formula is C18H20N2. The van der Waals surface area contributed by atoms with Crippen molar-refractivity contribution in [2.75, 3.05) is 6.54 Å². The molecule has 0 radical (unpaired) electrons. The van der Waals surface area contributed by atoms with Crippen LogP contribution in [0.1, 0.15) is 36.5 Å². The van der Waals surface area contributed by atoms with Crippen molar-refractivity contribution >= 4 is 5.70 Å². The van der Waals surface area contributed by atoms with Gasteiger partial charge in [-0.2, -0.15) is 0 Å². The number of fused-ring (bicyclic) bond motifs is 1. The maximum Gasteiger partial charge on any atom is 0.0702 e. The first kappa shape index (κ1) is 12.9. The van der Waals surface area contributed by atoms with E-state index in [-0.39, 0.29) is 0 Å². The summed E-state index contributed by atoms with van der Waals surface area (Å²) in [6.45, 7) is 9.41. The van der Waals surface area contributed by atoms with Crippen LogP contribution in [0.5, 0.6) is 0 Å². The van der Waals surface area contributed by atoms with Crippen molar-refractivity contribution in [1.82, 2.24) is 10.3 Å². The minimum atomic E-state index is 0.523. The number of hydrogen-bond acceptors (Lipinski definition) is 2. The van der Waals surface area contributed by atoms with Crippen molar-refractivity contribution in [2.24, 2.45) is 0 Å².